The molecule has 0 spiro atoms. The lowest BCUT2D eigenvalue weighted by molar-refractivity contribution is 0.102. The van der Waals surface area contributed by atoms with Crippen molar-refractivity contribution in [3.63, 3.8) is 0 Å². The van der Waals surface area contributed by atoms with Gasteiger partial charge in [-0.2, -0.15) is 0 Å². The fourth-order valence-corrected chi connectivity index (χ4v) is 8.18. The van der Waals surface area contributed by atoms with Gasteiger partial charge in [0.1, 0.15) is 22.1 Å². The molecular formula is C42H38N6O6S3. The number of benzene rings is 5. The van der Waals surface area contributed by atoms with Gasteiger partial charge in [0.2, 0.25) is 11.6 Å². The van der Waals surface area contributed by atoms with E-state index in [0.29, 0.717) is 54.8 Å². The predicted octanol–water partition coefficient (Wildman–Crippen LogP) is 9.25. The summed E-state index contributed by atoms with van der Waals surface area (Å²) in [6, 6.07) is 33.6. The van der Waals surface area contributed by atoms with Gasteiger partial charge in [-0.25, -0.2) is 18.4 Å². The van der Waals surface area contributed by atoms with Crippen molar-refractivity contribution in [3.8, 4) is 11.5 Å². The second-order valence-electron chi connectivity index (χ2n) is 12.4. The Labute approximate surface area is 338 Å². The van der Waals surface area contributed by atoms with E-state index in [9.17, 15) is 18.0 Å². The van der Waals surface area contributed by atoms with Crippen LogP contribution in [0, 0.1) is 13.8 Å². The lowest BCUT2D eigenvalue weighted by atomic mass is 10.0. The lowest BCUT2D eigenvalue weighted by Crippen LogP contribution is -2.14. The number of nitrogens with two attached hydrogens (primary N) is 1. The van der Waals surface area contributed by atoms with Crippen LogP contribution in [-0.4, -0.2) is 44.2 Å². The first-order chi connectivity index (χ1) is 27.4. The second-order valence-corrected chi connectivity index (χ2v) is 16.0. The Balaban J connectivity index is 0.000000214. The molecule has 0 aliphatic rings. The first-order valence-corrected chi connectivity index (χ1v) is 20.5. The van der Waals surface area contributed by atoms with Crippen molar-refractivity contribution >= 4 is 77.3 Å². The fourth-order valence-electron chi connectivity index (χ4n) is 5.44. The molecule has 0 atom stereocenters. The van der Waals surface area contributed by atoms with Gasteiger partial charge in [0.15, 0.2) is 10.3 Å². The number of hydrogen-bond acceptors (Lipinski definition) is 13. The summed E-state index contributed by atoms with van der Waals surface area (Å²) in [4.78, 5) is 34.4. The summed E-state index contributed by atoms with van der Waals surface area (Å²) in [5.74, 6) is 0.469. The van der Waals surface area contributed by atoms with Gasteiger partial charge >= 0.3 is 0 Å². The van der Waals surface area contributed by atoms with Gasteiger partial charge in [0.25, 0.3) is 10.0 Å². The summed E-state index contributed by atoms with van der Waals surface area (Å²) in [5.41, 5.74) is 12.0. The van der Waals surface area contributed by atoms with Crippen LogP contribution in [0.1, 0.15) is 42.4 Å². The molecule has 290 valence electrons. The summed E-state index contributed by atoms with van der Waals surface area (Å²) in [5, 5.41) is 9.32. The molecule has 0 radical (unpaired) electrons. The molecule has 57 heavy (non-hydrogen) atoms. The van der Waals surface area contributed by atoms with Crippen LogP contribution in [0.3, 0.4) is 0 Å². The van der Waals surface area contributed by atoms with Crippen molar-refractivity contribution in [1.82, 2.24) is 9.97 Å². The molecular weight excluding hydrogens is 781 g/mol. The monoisotopic (exact) mass is 818 g/mol. The number of carbonyl (C=O) groups excluding carboxylic acids is 2. The van der Waals surface area contributed by atoms with Crippen LogP contribution in [0.4, 0.5) is 33.0 Å². The second kappa shape index (κ2) is 17.9. The molecule has 5 N–H and O–H groups in total. The van der Waals surface area contributed by atoms with E-state index in [-0.39, 0.29) is 22.2 Å². The van der Waals surface area contributed by atoms with Crippen LogP contribution in [0.2, 0.25) is 0 Å². The number of aryl methyl sites for hydroxylation is 2. The summed E-state index contributed by atoms with van der Waals surface area (Å²) >= 11 is 2.65. The molecule has 5 aromatic carbocycles. The Morgan fingerprint density at radius 2 is 1.28 bits per heavy atom. The number of nitrogens with zero attached hydrogens (tertiary/aromatic N) is 2. The van der Waals surface area contributed by atoms with Crippen LogP contribution < -0.4 is 30.6 Å². The Hall–Kier alpha value is -6.55. The minimum atomic E-state index is -3.92. The number of hydrogen-bond donors (Lipinski definition) is 4. The van der Waals surface area contributed by atoms with Crippen molar-refractivity contribution in [2.75, 3.05) is 35.3 Å². The molecule has 7 rings (SSSR count). The van der Waals surface area contributed by atoms with Crippen molar-refractivity contribution in [1.29, 1.82) is 0 Å². The largest absolute Gasteiger partial charge is 0.497 e. The Kier molecular flexibility index (Phi) is 12.6. The number of ketones is 2. The Morgan fingerprint density at radius 1 is 0.702 bits per heavy atom. The lowest BCUT2D eigenvalue weighted by Gasteiger charge is -2.13. The number of aromatic nitrogens is 2. The van der Waals surface area contributed by atoms with E-state index in [1.807, 2.05) is 80.6 Å². The zero-order valence-corrected chi connectivity index (χ0v) is 33.7. The molecule has 0 bridgehead atoms. The van der Waals surface area contributed by atoms with E-state index in [4.69, 9.17) is 15.2 Å². The molecule has 2 heterocycles. The zero-order valence-electron chi connectivity index (χ0n) is 31.3. The Bertz CT molecular complexity index is 2620. The number of methoxy groups -OCH3 is 2. The minimum absolute atomic E-state index is 0.0322. The van der Waals surface area contributed by atoms with Crippen LogP contribution in [0.5, 0.6) is 11.5 Å². The number of nitrogen functional groups attached to an aromatic ring is 1. The van der Waals surface area contributed by atoms with Crippen molar-refractivity contribution < 1.29 is 27.5 Å². The normalized spacial score (nSPS) is 10.8. The predicted molar refractivity (Wildman–Crippen MR) is 228 cm³/mol. The van der Waals surface area contributed by atoms with Crippen LogP contribution in [0.15, 0.2) is 132 Å². The maximum atomic E-state index is 12.9. The highest BCUT2D eigenvalue weighted by Crippen LogP contribution is 2.31. The van der Waals surface area contributed by atoms with Crippen LogP contribution in [-0.2, 0) is 10.0 Å². The minimum Gasteiger partial charge on any atom is -0.497 e. The third-order valence-electron chi connectivity index (χ3n) is 8.46. The van der Waals surface area contributed by atoms with E-state index in [1.54, 1.807) is 48.0 Å². The summed E-state index contributed by atoms with van der Waals surface area (Å²) < 4.78 is 38.7. The number of nitrogens with one attached hydrogen (secondary N) is 3. The molecule has 0 aliphatic heterocycles. The maximum absolute atomic E-state index is 12.9. The van der Waals surface area contributed by atoms with Crippen LogP contribution in [0.25, 0.3) is 0 Å². The third kappa shape index (κ3) is 10.0. The van der Waals surface area contributed by atoms with Crippen molar-refractivity contribution in [3.05, 3.63) is 160 Å². The standard InChI is InChI=1S/C25H23N3O5S2.C17H15N3OS/c1-16-6-4-5-7-20(16)24(29)22-15-26-25(34-22)27-17-8-10-18(11-9-17)28-35(30,31)23-14-19(32-2)12-13-21(23)33-3;1-11-4-2-3-5-14(11)16(21)15-10-22-17(20-15)19-13-8-6-12(18)7-9-13/h4-15,28H,1-3H3,(H,26,27);2-10H,18H2,1H3,(H,19,20). The first kappa shape index (κ1) is 40.1. The van der Waals surface area contributed by atoms with Crippen LogP contribution >= 0.6 is 22.7 Å². The quantitative estimate of drug-likeness (QED) is 0.0645. The zero-order chi connectivity index (χ0) is 40.5. The highest BCUT2D eigenvalue weighted by Gasteiger charge is 2.21. The molecule has 0 saturated heterocycles. The number of sulfonamides is 1. The summed E-state index contributed by atoms with van der Waals surface area (Å²) in [6.07, 6.45) is 1.55. The number of anilines is 6. The van der Waals surface area contributed by atoms with E-state index < -0.39 is 10.0 Å². The van der Waals surface area contributed by atoms with E-state index in [2.05, 4.69) is 25.3 Å². The SMILES string of the molecule is COc1ccc(OC)c(S(=O)(=O)Nc2ccc(Nc3ncc(C(=O)c4ccccc4C)s3)cc2)c1.Cc1ccccc1C(=O)c1csc(Nc2ccc(N)cc2)n1. The molecule has 0 saturated carbocycles. The molecule has 0 aliphatic carbocycles. The third-order valence-corrected chi connectivity index (χ3v) is 11.5. The van der Waals surface area contributed by atoms with E-state index in [1.165, 1.54) is 49.0 Å². The van der Waals surface area contributed by atoms with Gasteiger partial charge in [-0.15, -0.1) is 11.3 Å². The number of ether oxygens (including phenoxy) is 2. The summed E-state index contributed by atoms with van der Waals surface area (Å²) in [6.45, 7) is 3.82. The molecule has 12 nitrogen and oxygen atoms in total. The van der Waals surface area contributed by atoms with Gasteiger partial charge < -0.3 is 25.8 Å². The number of rotatable bonds is 13. The molecule has 7 aromatic rings. The van der Waals surface area contributed by atoms with Gasteiger partial charge in [-0.3, -0.25) is 14.3 Å². The highest BCUT2D eigenvalue weighted by molar-refractivity contribution is 7.92. The average molecular weight is 819 g/mol. The van der Waals surface area contributed by atoms with Gasteiger partial charge in [-0.05, 0) is 85.6 Å². The smallest absolute Gasteiger partial charge is 0.265 e. The maximum Gasteiger partial charge on any atom is 0.265 e. The van der Waals surface area contributed by atoms with Crippen molar-refractivity contribution in [2.45, 2.75) is 18.7 Å². The van der Waals surface area contributed by atoms with E-state index >= 15 is 0 Å². The van der Waals surface area contributed by atoms with E-state index in [0.717, 1.165) is 16.8 Å². The average Bonchev–Trinajstić information content (AvgIpc) is 3.89. The van der Waals surface area contributed by atoms with Gasteiger partial charge in [0.05, 0.1) is 25.3 Å². The first-order valence-electron chi connectivity index (χ1n) is 17.3. The number of thiazole rings is 2. The highest BCUT2D eigenvalue weighted by atomic mass is 32.2. The molecule has 15 heteroatoms. The molecule has 2 aromatic heterocycles. The summed E-state index contributed by atoms with van der Waals surface area (Å²) in [7, 11) is -1.06. The topological polar surface area (TPSA) is 175 Å². The Morgan fingerprint density at radius 3 is 1.89 bits per heavy atom. The molecule has 0 fully saturated rings. The fraction of sp³-hybridized carbons (Fsp3) is 0.0952. The van der Waals surface area contributed by atoms with Gasteiger partial charge in [-0.1, -0.05) is 59.9 Å². The number of carbonyl (C=O) groups is 2. The molecule has 0 amide bonds. The van der Waals surface area contributed by atoms with Crippen molar-refractivity contribution in [2.24, 2.45) is 0 Å². The molecule has 0 unspecified atom stereocenters. The van der Waals surface area contributed by atoms with Gasteiger partial charge in [0, 0.05) is 45.3 Å².